The zero-order valence-electron chi connectivity index (χ0n) is 13.3. The minimum atomic E-state index is -0.305. The van der Waals surface area contributed by atoms with Gasteiger partial charge < -0.3 is 5.73 Å². The normalized spacial score (nSPS) is 14.7. The third kappa shape index (κ3) is 3.33. The summed E-state index contributed by atoms with van der Waals surface area (Å²) in [5.41, 5.74) is 9.22. The molecule has 1 atom stereocenters. The second kappa shape index (κ2) is 6.78. The van der Waals surface area contributed by atoms with Crippen LogP contribution in [0.4, 0.5) is 4.39 Å². The topological polar surface area (TPSA) is 69.1 Å². The molecular weight excluding hydrogens is 337 g/mol. The Bertz CT molecular complexity index is 905. The molecule has 3 aromatic rings. The highest BCUT2D eigenvalue weighted by Crippen LogP contribution is 2.26. The van der Waals surface area contributed by atoms with Gasteiger partial charge in [-0.3, -0.25) is 0 Å². The highest BCUT2D eigenvalue weighted by Gasteiger charge is 2.23. The Morgan fingerprint density at radius 1 is 1.08 bits per heavy atom. The van der Waals surface area contributed by atoms with E-state index in [2.05, 4.69) is 15.3 Å². The van der Waals surface area contributed by atoms with Crippen LogP contribution in [-0.2, 0) is 6.42 Å². The van der Waals surface area contributed by atoms with E-state index in [0.29, 0.717) is 18.0 Å². The van der Waals surface area contributed by atoms with Gasteiger partial charge in [-0.05, 0) is 29.7 Å². The molecule has 1 unspecified atom stereocenters. The van der Waals surface area contributed by atoms with Gasteiger partial charge in [0.25, 0.3) is 0 Å². The van der Waals surface area contributed by atoms with Gasteiger partial charge in [0.1, 0.15) is 5.82 Å². The summed E-state index contributed by atoms with van der Waals surface area (Å²) in [5.74, 6) is 1.03. The molecule has 2 aromatic carbocycles. The molecule has 25 heavy (non-hydrogen) atoms. The first-order chi connectivity index (χ1) is 12.2. The second-order valence-electron chi connectivity index (χ2n) is 5.79. The van der Waals surface area contributed by atoms with Crippen molar-refractivity contribution >= 4 is 17.5 Å². The van der Waals surface area contributed by atoms with E-state index in [4.69, 9.17) is 5.73 Å². The molecule has 0 saturated heterocycles. The monoisotopic (exact) mass is 353 g/mol. The van der Waals surface area contributed by atoms with Gasteiger partial charge >= 0.3 is 0 Å². The summed E-state index contributed by atoms with van der Waals surface area (Å²) in [7, 11) is 0. The van der Waals surface area contributed by atoms with E-state index in [0.717, 1.165) is 22.0 Å². The van der Waals surface area contributed by atoms with Crippen LogP contribution in [0.25, 0.3) is 0 Å². The van der Waals surface area contributed by atoms with E-state index in [9.17, 15) is 4.39 Å². The Balaban J connectivity index is 1.63. The number of rotatable bonds is 4. The summed E-state index contributed by atoms with van der Waals surface area (Å²) in [5, 5.41) is 13.8. The number of nitrogens with zero attached hydrogens (tertiary/aromatic N) is 4. The van der Waals surface area contributed by atoms with Crippen molar-refractivity contribution in [2.75, 3.05) is 5.75 Å². The van der Waals surface area contributed by atoms with Crippen LogP contribution in [0.3, 0.4) is 0 Å². The van der Waals surface area contributed by atoms with E-state index < -0.39 is 0 Å². The molecule has 0 bridgehead atoms. The average molecular weight is 353 g/mol. The summed E-state index contributed by atoms with van der Waals surface area (Å²) in [4.78, 5) is 0. The molecular formula is C18H16FN5S. The van der Waals surface area contributed by atoms with Gasteiger partial charge in [-0.2, -0.15) is 9.78 Å². The van der Waals surface area contributed by atoms with Gasteiger partial charge in [-0.1, -0.05) is 54.2 Å². The van der Waals surface area contributed by atoms with Crippen LogP contribution >= 0.6 is 11.8 Å². The Morgan fingerprint density at radius 2 is 1.84 bits per heavy atom. The molecule has 2 N–H and O–H groups in total. The number of aromatic nitrogens is 3. The highest BCUT2D eigenvalue weighted by atomic mass is 32.2. The SMILES string of the molecule is NC(Cc1ccccc1)c1nnc2n1N=C(c1ccc(F)cc1)CS2. The zero-order valence-corrected chi connectivity index (χ0v) is 14.2. The fourth-order valence-electron chi connectivity index (χ4n) is 2.72. The van der Waals surface area contributed by atoms with E-state index in [1.54, 1.807) is 28.6 Å². The smallest absolute Gasteiger partial charge is 0.212 e. The predicted molar refractivity (Wildman–Crippen MR) is 96.2 cm³/mol. The number of hydrogen-bond donors (Lipinski definition) is 1. The van der Waals surface area contributed by atoms with Crippen LogP contribution < -0.4 is 5.73 Å². The zero-order chi connectivity index (χ0) is 17.2. The largest absolute Gasteiger partial charge is 0.321 e. The predicted octanol–water partition coefficient (Wildman–Crippen LogP) is 3.02. The van der Waals surface area contributed by atoms with Crippen molar-refractivity contribution < 1.29 is 4.39 Å². The van der Waals surface area contributed by atoms with Gasteiger partial charge in [-0.25, -0.2) is 4.39 Å². The Labute approximate surface area is 148 Å². The molecule has 2 heterocycles. The molecule has 1 aromatic heterocycles. The van der Waals surface area contributed by atoms with Gasteiger partial charge in [0.15, 0.2) is 5.82 Å². The number of hydrogen-bond acceptors (Lipinski definition) is 5. The maximum atomic E-state index is 13.1. The van der Waals surface area contributed by atoms with Gasteiger partial charge in [0, 0.05) is 5.75 Å². The number of fused-ring (bicyclic) bond motifs is 1. The molecule has 0 radical (unpaired) electrons. The summed E-state index contributed by atoms with van der Waals surface area (Å²) in [6, 6.07) is 16.1. The van der Waals surface area contributed by atoms with E-state index in [1.807, 2.05) is 30.3 Å². The maximum absolute atomic E-state index is 13.1. The molecule has 126 valence electrons. The first-order valence-corrected chi connectivity index (χ1v) is 8.90. The Morgan fingerprint density at radius 3 is 2.60 bits per heavy atom. The van der Waals surface area contributed by atoms with Gasteiger partial charge in [0.2, 0.25) is 5.16 Å². The van der Waals surface area contributed by atoms with Gasteiger partial charge in [-0.15, -0.1) is 10.2 Å². The van der Waals surface area contributed by atoms with Crippen molar-refractivity contribution in [3.8, 4) is 0 Å². The lowest BCUT2D eigenvalue weighted by Crippen LogP contribution is -2.21. The number of halogens is 1. The van der Waals surface area contributed by atoms with Gasteiger partial charge in [0.05, 0.1) is 11.8 Å². The van der Waals surface area contributed by atoms with E-state index >= 15 is 0 Å². The summed E-state index contributed by atoms with van der Waals surface area (Å²) >= 11 is 1.55. The van der Waals surface area contributed by atoms with Crippen molar-refractivity contribution in [3.63, 3.8) is 0 Å². The lowest BCUT2D eigenvalue weighted by atomic mass is 10.1. The Hall–Kier alpha value is -2.51. The first-order valence-electron chi connectivity index (χ1n) is 7.92. The standard InChI is InChI=1S/C18H16FN5S/c19-14-8-6-13(7-9-14)16-11-25-18-22-21-17(24(18)23-16)15(20)10-12-4-2-1-3-5-12/h1-9,15H,10-11,20H2. The maximum Gasteiger partial charge on any atom is 0.212 e. The molecule has 0 aliphatic carbocycles. The minimum Gasteiger partial charge on any atom is -0.321 e. The summed E-state index contributed by atoms with van der Waals surface area (Å²) < 4.78 is 14.8. The Kier molecular flexibility index (Phi) is 4.33. The number of nitrogens with two attached hydrogens (primary N) is 1. The summed E-state index contributed by atoms with van der Waals surface area (Å²) in [6.07, 6.45) is 0.658. The summed E-state index contributed by atoms with van der Waals surface area (Å²) in [6.45, 7) is 0. The molecule has 0 spiro atoms. The van der Waals surface area contributed by atoms with Crippen LogP contribution in [-0.4, -0.2) is 26.3 Å². The molecule has 0 fully saturated rings. The average Bonchev–Trinajstić information content (AvgIpc) is 3.06. The van der Waals surface area contributed by atoms with Crippen molar-refractivity contribution in [1.82, 2.24) is 14.9 Å². The van der Waals surface area contributed by atoms with Crippen molar-refractivity contribution in [1.29, 1.82) is 0 Å². The second-order valence-corrected chi connectivity index (χ2v) is 6.73. The third-order valence-electron chi connectivity index (χ3n) is 4.00. The van der Waals surface area contributed by atoms with Crippen molar-refractivity contribution in [2.24, 2.45) is 10.8 Å². The minimum absolute atomic E-state index is 0.261. The number of thioether (sulfide) groups is 1. The van der Waals surface area contributed by atoms with E-state index in [1.165, 1.54) is 12.1 Å². The molecule has 0 amide bonds. The molecule has 5 nitrogen and oxygen atoms in total. The highest BCUT2D eigenvalue weighted by molar-refractivity contribution is 7.99. The third-order valence-corrected chi connectivity index (χ3v) is 4.93. The molecule has 1 aliphatic rings. The van der Waals surface area contributed by atoms with E-state index in [-0.39, 0.29) is 11.9 Å². The fraction of sp³-hybridized carbons (Fsp3) is 0.167. The van der Waals surface area contributed by atoms with Crippen LogP contribution in [0.5, 0.6) is 0 Å². The lowest BCUT2D eigenvalue weighted by Gasteiger charge is -2.16. The van der Waals surface area contributed by atoms with Crippen LogP contribution in [0.2, 0.25) is 0 Å². The van der Waals surface area contributed by atoms with Crippen molar-refractivity contribution in [2.45, 2.75) is 17.6 Å². The molecule has 4 rings (SSSR count). The molecule has 7 heteroatoms. The van der Waals surface area contributed by atoms with Crippen LogP contribution in [0, 0.1) is 5.82 Å². The van der Waals surface area contributed by atoms with Crippen molar-refractivity contribution in [3.05, 3.63) is 77.4 Å². The van der Waals surface area contributed by atoms with Crippen LogP contribution in [0.15, 0.2) is 64.9 Å². The fourth-order valence-corrected chi connectivity index (χ4v) is 3.56. The first kappa shape index (κ1) is 16.0. The lowest BCUT2D eigenvalue weighted by molar-refractivity contribution is 0.606. The number of benzene rings is 2. The molecule has 1 aliphatic heterocycles. The van der Waals surface area contributed by atoms with Crippen LogP contribution in [0.1, 0.15) is 23.0 Å². The molecule has 0 saturated carbocycles. The quantitative estimate of drug-likeness (QED) is 0.783.